The number of carbonyl (C=O) groups excluding carboxylic acids is 1. The van der Waals surface area contributed by atoms with Gasteiger partial charge in [0.1, 0.15) is 11.1 Å². The number of carbonyl (C=O) groups is 1. The van der Waals surface area contributed by atoms with Gasteiger partial charge in [0.25, 0.3) is 0 Å². The summed E-state index contributed by atoms with van der Waals surface area (Å²) < 4.78 is 0. The highest BCUT2D eigenvalue weighted by atomic mass is 35.5. The summed E-state index contributed by atoms with van der Waals surface area (Å²) in [5, 5.41) is 12.8. The van der Waals surface area contributed by atoms with Crippen molar-refractivity contribution in [2.24, 2.45) is 5.92 Å². The maximum absolute atomic E-state index is 11.6. The van der Waals surface area contributed by atoms with E-state index in [0.29, 0.717) is 22.4 Å². The van der Waals surface area contributed by atoms with Gasteiger partial charge in [-0.25, -0.2) is 0 Å². The van der Waals surface area contributed by atoms with Crippen LogP contribution in [0.4, 0.5) is 5.00 Å². The molecule has 1 amide bonds. The van der Waals surface area contributed by atoms with E-state index in [2.05, 4.69) is 18.3 Å². The van der Waals surface area contributed by atoms with Crippen molar-refractivity contribution < 1.29 is 4.79 Å². The Morgan fingerprint density at radius 1 is 1.63 bits per heavy atom. The Hall–Kier alpha value is -1.05. The lowest BCUT2D eigenvalue weighted by Gasteiger charge is -2.20. The molecule has 0 spiro atoms. The Bertz CT molecular complexity index is 518. The number of hydrogen-bond acceptors (Lipinski definition) is 3. The lowest BCUT2D eigenvalue weighted by atomic mass is 9.86. The number of nitrogens with one attached hydrogen (secondary N) is 1. The van der Waals surface area contributed by atoms with Crippen LogP contribution in [0, 0.1) is 17.2 Å². The van der Waals surface area contributed by atoms with Crippen molar-refractivity contribution in [3.05, 3.63) is 16.0 Å². The van der Waals surface area contributed by atoms with E-state index in [1.165, 1.54) is 11.3 Å². The van der Waals surface area contributed by atoms with Crippen LogP contribution in [0.1, 0.15) is 42.2 Å². The lowest BCUT2D eigenvalue weighted by molar-refractivity contribution is -0.115. The fourth-order valence-corrected chi connectivity index (χ4v) is 3.98. The Kier molecular flexibility index (Phi) is 4.84. The van der Waals surface area contributed by atoms with Crippen LogP contribution >= 0.6 is 22.9 Å². The second kappa shape index (κ2) is 6.40. The number of anilines is 1. The molecule has 0 radical (unpaired) electrons. The number of fused-ring (bicyclic) bond motifs is 1. The third-order valence-corrected chi connectivity index (χ3v) is 4.99. The molecule has 1 atom stereocenters. The highest BCUT2D eigenvalue weighted by Gasteiger charge is 2.25. The highest BCUT2D eigenvalue weighted by Crippen LogP contribution is 2.39. The quantitative estimate of drug-likeness (QED) is 0.861. The smallest absolute Gasteiger partial charge is 0.226 e. The summed E-state index contributed by atoms with van der Waals surface area (Å²) in [5.74, 6) is 0.901. The third-order valence-electron chi connectivity index (χ3n) is 3.63. The Morgan fingerprint density at radius 2 is 2.42 bits per heavy atom. The average Bonchev–Trinajstić information content (AvgIpc) is 2.74. The molecular weight excluding hydrogens is 280 g/mol. The van der Waals surface area contributed by atoms with E-state index in [0.717, 1.165) is 24.8 Å². The zero-order valence-electron chi connectivity index (χ0n) is 11.0. The van der Waals surface area contributed by atoms with E-state index in [-0.39, 0.29) is 12.3 Å². The molecule has 1 N–H and O–H groups in total. The molecule has 0 saturated carbocycles. The van der Waals surface area contributed by atoms with Crippen LogP contribution in [0.5, 0.6) is 0 Å². The second-order valence-corrected chi connectivity index (χ2v) is 6.31. The summed E-state index contributed by atoms with van der Waals surface area (Å²) in [6.45, 7) is 2.21. The first-order valence-electron chi connectivity index (χ1n) is 6.60. The maximum Gasteiger partial charge on any atom is 0.226 e. The predicted molar refractivity (Wildman–Crippen MR) is 78.8 cm³/mol. The molecule has 3 nitrogen and oxygen atoms in total. The van der Waals surface area contributed by atoms with Crippen molar-refractivity contribution in [2.45, 2.75) is 39.0 Å². The first kappa shape index (κ1) is 14.4. The van der Waals surface area contributed by atoms with Crippen LogP contribution in [0.2, 0.25) is 0 Å². The van der Waals surface area contributed by atoms with E-state index in [1.807, 2.05) is 0 Å². The fraction of sp³-hybridized carbons (Fsp3) is 0.571. The Labute approximate surface area is 122 Å². The predicted octanol–water partition coefficient (Wildman–Crippen LogP) is 3.70. The van der Waals surface area contributed by atoms with Crippen molar-refractivity contribution in [3.63, 3.8) is 0 Å². The third kappa shape index (κ3) is 3.10. The molecule has 5 heteroatoms. The van der Waals surface area contributed by atoms with E-state index in [1.54, 1.807) is 11.3 Å². The van der Waals surface area contributed by atoms with Crippen molar-refractivity contribution in [1.29, 1.82) is 5.26 Å². The fourth-order valence-electron chi connectivity index (χ4n) is 2.48. The van der Waals surface area contributed by atoms with Crippen molar-refractivity contribution in [1.82, 2.24) is 0 Å². The first-order valence-corrected chi connectivity index (χ1v) is 7.95. The van der Waals surface area contributed by atoms with Gasteiger partial charge >= 0.3 is 0 Å². The van der Waals surface area contributed by atoms with Crippen LogP contribution in [0.3, 0.4) is 0 Å². The van der Waals surface area contributed by atoms with Crippen molar-refractivity contribution >= 4 is 33.8 Å². The normalized spacial score (nSPS) is 17.6. The van der Waals surface area contributed by atoms with E-state index in [9.17, 15) is 10.1 Å². The zero-order chi connectivity index (χ0) is 13.8. The topological polar surface area (TPSA) is 52.9 Å². The molecule has 1 unspecified atom stereocenters. The van der Waals surface area contributed by atoms with Gasteiger partial charge in [-0.2, -0.15) is 5.26 Å². The van der Waals surface area contributed by atoms with Crippen LogP contribution in [-0.4, -0.2) is 11.8 Å². The summed E-state index contributed by atoms with van der Waals surface area (Å²) in [7, 11) is 0. The molecule has 0 aromatic carbocycles. The number of halogens is 1. The molecule has 0 aliphatic heterocycles. The van der Waals surface area contributed by atoms with Gasteiger partial charge in [-0.1, -0.05) is 13.3 Å². The molecule has 1 aromatic rings. The SMILES string of the molecule is CCC1CCc2c(sc(NC(=O)CCCl)c2C#N)C1. The average molecular weight is 297 g/mol. The molecule has 2 rings (SSSR count). The molecule has 1 aliphatic rings. The van der Waals surface area contributed by atoms with Gasteiger partial charge in [-0.15, -0.1) is 22.9 Å². The van der Waals surface area contributed by atoms with Gasteiger partial charge in [-0.05, 0) is 30.7 Å². The van der Waals surface area contributed by atoms with Gasteiger partial charge in [0, 0.05) is 17.2 Å². The zero-order valence-corrected chi connectivity index (χ0v) is 12.5. The Morgan fingerprint density at radius 3 is 3.05 bits per heavy atom. The Balaban J connectivity index is 2.24. The molecule has 0 bridgehead atoms. The van der Waals surface area contributed by atoms with Gasteiger partial charge in [0.15, 0.2) is 0 Å². The van der Waals surface area contributed by atoms with Gasteiger partial charge in [0.05, 0.1) is 5.56 Å². The minimum absolute atomic E-state index is 0.114. The molecule has 1 aliphatic carbocycles. The standard InChI is InChI=1S/C14H17ClN2OS/c1-2-9-3-4-10-11(8-16)14(19-12(10)7-9)17-13(18)5-6-15/h9H,2-7H2,1H3,(H,17,18). The molecule has 0 saturated heterocycles. The molecule has 0 fully saturated rings. The number of alkyl halides is 1. The van der Waals surface area contributed by atoms with Gasteiger partial charge in [0.2, 0.25) is 5.91 Å². The van der Waals surface area contributed by atoms with Crippen molar-refractivity contribution in [2.75, 3.05) is 11.2 Å². The first-order chi connectivity index (χ1) is 9.19. The summed E-state index contributed by atoms with van der Waals surface area (Å²) in [6, 6.07) is 2.25. The number of nitriles is 1. The number of nitrogens with zero attached hydrogens (tertiary/aromatic N) is 1. The van der Waals surface area contributed by atoms with Gasteiger partial charge < -0.3 is 5.32 Å². The lowest BCUT2D eigenvalue weighted by Crippen LogP contribution is -2.12. The number of hydrogen-bond donors (Lipinski definition) is 1. The molecule has 102 valence electrons. The van der Waals surface area contributed by atoms with Crippen LogP contribution in [0.15, 0.2) is 0 Å². The number of rotatable bonds is 4. The second-order valence-electron chi connectivity index (χ2n) is 4.82. The number of thiophene rings is 1. The monoisotopic (exact) mass is 296 g/mol. The minimum Gasteiger partial charge on any atom is -0.317 e. The van der Waals surface area contributed by atoms with E-state index < -0.39 is 0 Å². The van der Waals surface area contributed by atoms with Crippen LogP contribution in [-0.2, 0) is 17.6 Å². The summed E-state index contributed by atoms with van der Waals surface area (Å²) in [5.41, 5.74) is 1.82. The van der Waals surface area contributed by atoms with E-state index in [4.69, 9.17) is 11.6 Å². The summed E-state index contributed by atoms with van der Waals surface area (Å²) >= 11 is 7.12. The summed E-state index contributed by atoms with van der Waals surface area (Å²) in [4.78, 5) is 12.9. The largest absolute Gasteiger partial charge is 0.317 e. The highest BCUT2D eigenvalue weighted by molar-refractivity contribution is 7.16. The number of amides is 1. The molecule has 1 heterocycles. The molecule has 19 heavy (non-hydrogen) atoms. The van der Waals surface area contributed by atoms with E-state index >= 15 is 0 Å². The van der Waals surface area contributed by atoms with Crippen LogP contribution in [0.25, 0.3) is 0 Å². The van der Waals surface area contributed by atoms with Crippen LogP contribution < -0.4 is 5.32 Å². The van der Waals surface area contributed by atoms with Gasteiger partial charge in [-0.3, -0.25) is 4.79 Å². The molecule has 1 aromatic heterocycles. The molecular formula is C14H17ClN2OS. The van der Waals surface area contributed by atoms with Crippen molar-refractivity contribution in [3.8, 4) is 6.07 Å². The maximum atomic E-state index is 11.6. The minimum atomic E-state index is -0.114. The summed E-state index contributed by atoms with van der Waals surface area (Å²) in [6.07, 6.45) is 4.60.